The summed E-state index contributed by atoms with van der Waals surface area (Å²) in [6.07, 6.45) is 0.414. The molecule has 2 aromatic rings. The van der Waals surface area contributed by atoms with E-state index in [0.29, 0.717) is 6.42 Å². The maximum atomic E-state index is 13.2. The molecule has 0 saturated carbocycles. The van der Waals surface area contributed by atoms with Gasteiger partial charge in [0.2, 0.25) is 15.9 Å². The van der Waals surface area contributed by atoms with Crippen LogP contribution in [0.1, 0.15) is 21.5 Å². The average molecular weight is 401 g/mol. The molecule has 0 aromatic heterocycles. The van der Waals surface area contributed by atoms with Crippen LogP contribution in [-0.2, 0) is 27.8 Å². The van der Waals surface area contributed by atoms with Gasteiger partial charge in [0, 0.05) is 39.7 Å². The Morgan fingerprint density at radius 3 is 2.39 bits per heavy atom. The molecule has 8 heteroatoms. The molecule has 1 aliphatic heterocycles. The van der Waals surface area contributed by atoms with Gasteiger partial charge >= 0.3 is 0 Å². The molecule has 1 atom stereocenters. The Morgan fingerprint density at radius 1 is 1.07 bits per heavy atom. The minimum Gasteiger partial charge on any atom is -0.357 e. The van der Waals surface area contributed by atoms with Crippen molar-refractivity contribution in [1.82, 2.24) is 14.5 Å². The molecule has 1 aliphatic rings. The monoisotopic (exact) mass is 401 g/mol. The van der Waals surface area contributed by atoms with E-state index in [1.54, 1.807) is 6.07 Å². The van der Waals surface area contributed by atoms with Gasteiger partial charge in [0.25, 0.3) is 5.91 Å². The number of likely N-dealkylation sites (N-methyl/N-ethyl adjacent to an activating group) is 1. The molecule has 1 heterocycles. The number of fused-ring (bicyclic) bond motifs is 1. The van der Waals surface area contributed by atoms with E-state index < -0.39 is 16.1 Å². The fourth-order valence-electron chi connectivity index (χ4n) is 3.30. The normalized spacial score (nSPS) is 16.6. The van der Waals surface area contributed by atoms with Gasteiger partial charge in [-0.15, -0.1) is 0 Å². The zero-order valence-electron chi connectivity index (χ0n) is 16.0. The van der Waals surface area contributed by atoms with Crippen molar-refractivity contribution in [2.24, 2.45) is 0 Å². The van der Waals surface area contributed by atoms with Crippen LogP contribution in [0.2, 0.25) is 0 Å². The highest BCUT2D eigenvalue weighted by atomic mass is 32.2. The standard InChI is InChI=1S/C20H23N3O4S/c1-21-19(24)18-12-14-7-4-5-8-16(14)13-23(18)20(25)15-9-6-10-17(11-15)28(26,27)22(2)3/h4-11,18H,12-13H2,1-3H3,(H,21,24)/t18-/m1/s1. The van der Waals surface area contributed by atoms with Crippen molar-refractivity contribution >= 4 is 21.8 Å². The van der Waals surface area contributed by atoms with E-state index in [0.717, 1.165) is 15.4 Å². The molecule has 0 unspecified atom stereocenters. The number of sulfonamides is 1. The molecule has 2 amide bonds. The molecule has 0 bridgehead atoms. The van der Waals surface area contributed by atoms with Crippen molar-refractivity contribution in [3.63, 3.8) is 0 Å². The summed E-state index contributed by atoms with van der Waals surface area (Å²) in [5, 5.41) is 2.62. The number of amides is 2. The lowest BCUT2D eigenvalue weighted by atomic mass is 9.93. The lowest BCUT2D eigenvalue weighted by molar-refractivity contribution is -0.125. The highest BCUT2D eigenvalue weighted by Gasteiger charge is 2.34. The van der Waals surface area contributed by atoms with E-state index in [2.05, 4.69) is 5.32 Å². The quantitative estimate of drug-likeness (QED) is 0.835. The first-order chi connectivity index (χ1) is 13.3. The van der Waals surface area contributed by atoms with Crippen LogP contribution in [0, 0.1) is 0 Å². The predicted octanol–water partition coefficient (Wildman–Crippen LogP) is 1.25. The topological polar surface area (TPSA) is 86.8 Å². The number of nitrogens with one attached hydrogen (secondary N) is 1. The largest absolute Gasteiger partial charge is 0.357 e. The fraction of sp³-hybridized carbons (Fsp3) is 0.300. The van der Waals surface area contributed by atoms with E-state index in [-0.39, 0.29) is 28.8 Å². The molecule has 2 aromatic carbocycles. The molecule has 28 heavy (non-hydrogen) atoms. The third kappa shape index (κ3) is 3.65. The molecule has 1 N–H and O–H groups in total. The molecular weight excluding hydrogens is 378 g/mol. The van der Waals surface area contributed by atoms with Gasteiger partial charge in [-0.25, -0.2) is 12.7 Å². The van der Waals surface area contributed by atoms with Crippen molar-refractivity contribution in [3.05, 3.63) is 65.2 Å². The van der Waals surface area contributed by atoms with Crippen LogP contribution in [-0.4, -0.2) is 56.6 Å². The smallest absolute Gasteiger partial charge is 0.254 e. The van der Waals surface area contributed by atoms with Gasteiger partial charge in [-0.1, -0.05) is 30.3 Å². The zero-order valence-corrected chi connectivity index (χ0v) is 16.9. The highest BCUT2D eigenvalue weighted by Crippen LogP contribution is 2.26. The van der Waals surface area contributed by atoms with E-state index in [4.69, 9.17) is 0 Å². The van der Waals surface area contributed by atoms with Crippen LogP contribution >= 0.6 is 0 Å². The third-order valence-corrected chi connectivity index (χ3v) is 6.73. The van der Waals surface area contributed by atoms with Gasteiger partial charge in [0.1, 0.15) is 6.04 Å². The van der Waals surface area contributed by atoms with E-state index >= 15 is 0 Å². The Kier molecular flexibility index (Phi) is 5.53. The molecule has 0 radical (unpaired) electrons. The lowest BCUT2D eigenvalue weighted by Gasteiger charge is -2.36. The van der Waals surface area contributed by atoms with E-state index in [9.17, 15) is 18.0 Å². The number of nitrogens with zero attached hydrogens (tertiary/aromatic N) is 2. The molecule has 0 saturated heterocycles. The molecule has 148 valence electrons. The van der Waals surface area contributed by atoms with Gasteiger partial charge in [0.15, 0.2) is 0 Å². The molecule has 0 fully saturated rings. The SMILES string of the molecule is CNC(=O)[C@H]1Cc2ccccc2CN1C(=O)c1cccc(S(=O)(=O)N(C)C)c1. The summed E-state index contributed by atoms with van der Waals surface area (Å²) in [5.41, 5.74) is 2.24. The van der Waals surface area contributed by atoms with Crippen LogP contribution in [0.4, 0.5) is 0 Å². The molecule has 3 rings (SSSR count). The van der Waals surface area contributed by atoms with Crippen LogP contribution in [0.5, 0.6) is 0 Å². The van der Waals surface area contributed by atoms with Gasteiger partial charge < -0.3 is 10.2 Å². The fourth-order valence-corrected chi connectivity index (χ4v) is 4.25. The zero-order chi connectivity index (χ0) is 20.5. The summed E-state index contributed by atoms with van der Waals surface area (Å²) in [4.78, 5) is 27.2. The first-order valence-corrected chi connectivity index (χ1v) is 10.3. The molecular formula is C20H23N3O4S. The van der Waals surface area contributed by atoms with Crippen molar-refractivity contribution < 1.29 is 18.0 Å². The Hall–Kier alpha value is -2.71. The van der Waals surface area contributed by atoms with E-state index in [1.807, 2.05) is 24.3 Å². The summed E-state index contributed by atoms with van der Waals surface area (Å²) in [5.74, 6) is -0.626. The van der Waals surface area contributed by atoms with Crippen molar-refractivity contribution in [1.29, 1.82) is 0 Å². The minimum atomic E-state index is -3.66. The Balaban J connectivity index is 1.99. The number of benzene rings is 2. The maximum absolute atomic E-state index is 13.2. The van der Waals surface area contributed by atoms with Crippen LogP contribution < -0.4 is 5.32 Å². The van der Waals surface area contributed by atoms with Crippen LogP contribution in [0.25, 0.3) is 0 Å². The first kappa shape index (κ1) is 20.0. The second-order valence-corrected chi connectivity index (χ2v) is 9.00. The first-order valence-electron chi connectivity index (χ1n) is 8.87. The predicted molar refractivity (Wildman–Crippen MR) is 105 cm³/mol. The van der Waals surface area contributed by atoms with Gasteiger partial charge in [-0.3, -0.25) is 9.59 Å². The number of hydrogen-bond donors (Lipinski definition) is 1. The lowest BCUT2D eigenvalue weighted by Crippen LogP contribution is -2.51. The summed E-state index contributed by atoms with van der Waals surface area (Å²) in [6, 6.07) is 13.0. The molecule has 0 spiro atoms. The van der Waals surface area contributed by atoms with Gasteiger partial charge in [-0.05, 0) is 29.3 Å². The maximum Gasteiger partial charge on any atom is 0.254 e. The summed E-state index contributed by atoms with van der Waals surface area (Å²) in [7, 11) is 0.749. The van der Waals surface area contributed by atoms with Gasteiger partial charge in [0.05, 0.1) is 4.90 Å². The second kappa shape index (κ2) is 7.73. The van der Waals surface area contributed by atoms with Crippen LogP contribution in [0.3, 0.4) is 0 Å². The number of hydrogen-bond acceptors (Lipinski definition) is 4. The summed E-state index contributed by atoms with van der Waals surface area (Å²) < 4.78 is 25.9. The van der Waals surface area contributed by atoms with Crippen molar-refractivity contribution in [2.75, 3.05) is 21.1 Å². The number of carbonyl (C=O) groups is 2. The van der Waals surface area contributed by atoms with Crippen molar-refractivity contribution in [3.8, 4) is 0 Å². The minimum absolute atomic E-state index is 0.0391. The summed E-state index contributed by atoms with van der Waals surface area (Å²) in [6.45, 7) is 0.289. The molecule has 7 nitrogen and oxygen atoms in total. The average Bonchev–Trinajstić information content (AvgIpc) is 2.71. The van der Waals surface area contributed by atoms with Gasteiger partial charge in [-0.2, -0.15) is 0 Å². The Morgan fingerprint density at radius 2 is 1.75 bits per heavy atom. The van der Waals surface area contributed by atoms with E-state index in [1.165, 1.54) is 44.2 Å². The Labute approximate surface area is 165 Å². The molecule has 0 aliphatic carbocycles. The number of rotatable bonds is 4. The summed E-state index contributed by atoms with van der Waals surface area (Å²) >= 11 is 0. The Bertz CT molecular complexity index is 1020. The van der Waals surface area contributed by atoms with Crippen LogP contribution in [0.15, 0.2) is 53.4 Å². The highest BCUT2D eigenvalue weighted by molar-refractivity contribution is 7.89. The second-order valence-electron chi connectivity index (χ2n) is 6.85. The third-order valence-electron chi connectivity index (χ3n) is 4.92. The van der Waals surface area contributed by atoms with Crippen molar-refractivity contribution in [2.45, 2.75) is 23.9 Å². The number of carbonyl (C=O) groups excluding carboxylic acids is 2.